The van der Waals surface area contributed by atoms with Crippen molar-refractivity contribution in [3.05, 3.63) is 65.7 Å². The molecule has 2 saturated heterocycles. The number of amides is 4. The lowest BCUT2D eigenvalue weighted by atomic mass is 9.92. The van der Waals surface area contributed by atoms with Crippen LogP contribution in [0.1, 0.15) is 42.9 Å². The predicted molar refractivity (Wildman–Crippen MR) is 145 cm³/mol. The maximum atomic E-state index is 13.7. The molecular formula is C28H34N4O5S. The molecule has 2 fully saturated rings. The number of thiol groups is 1. The smallest absolute Gasteiger partial charge is 0.246 e. The Morgan fingerprint density at radius 3 is 2.34 bits per heavy atom. The van der Waals surface area contributed by atoms with Gasteiger partial charge < -0.3 is 26.0 Å². The molecule has 0 unspecified atom stereocenters. The van der Waals surface area contributed by atoms with Gasteiger partial charge in [0, 0.05) is 19.5 Å². The lowest BCUT2D eigenvalue weighted by molar-refractivity contribution is -0.149. The van der Waals surface area contributed by atoms with Crippen molar-refractivity contribution in [3.63, 3.8) is 0 Å². The van der Waals surface area contributed by atoms with Crippen LogP contribution in [-0.4, -0.2) is 64.6 Å². The van der Waals surface area contributed by atoms with Gasteiger partial charge in [0.25, 0.3) is 0 Å². The summed E-state index contributed by atoms with van der Waals surface area (Å²) in [6.07, 6.45) is 2.95. The molecule has 0 saturated carbocycles. The molecule has 2 aliphatic rings. The number of nitrogens with one attached hydrogen (secondary N) is 3. The summed E-state index contributed by atoms with van der Waals surface area (Å²) >= 11 is 3.92. The molecule has 2 aliphatic heterocycles. The van der Waals surface area contributed by atoms with Crippen molar-refractivity contribution in [2.45, 2.75) is 50.2 Å². The lowest BCUT2D eigenvalue weighted by Gasteiger charge is -2.38. The number of hydrogen-bond donors (Lipinski definition) is 5. The summed E-state index contributed by atoms with van der Waals surface area (Å²) in [4.78, 5) is 53.0. The summed E-state index contributed by atoms with van der Waals surface area (Å²) in [5, 5.41) is 18.4. The van der Waals surface area contributed by atoms with Crippen LogP contribution in [0.25, 0.3) is 0 Å². The zero-order valence-electron chi connectivity index (χ0n) is 21.1. The summed E-state index contributed by atoms with van der Waals surface area (Å²) in [5.41, 5.74) is 1.64. The first-order valence-corrected chi connectivity index (χ1v) is 13.6. The second-order valence-corrected chi connectivity index (χ2v) is 10.1. The van der Waals surface area contributed by atoms with Crippen molar-refractivity contribution < 1.29 is 24.3 Å². The number of benzene rings is 2. The quantitative estimate of drug-likeness (QED) is 0.220. The van der Waals surface area contributed by atoms with Crippen LogP contribution in [0.5, 0.6) is 5.75 Å². The van der Waals surface area contributed by atoms with Gasteiger partial charge in [-0.2, -0.15) is 12.6 Å². The molecule has 2 heterocycles. The van der Waals surface area contributed by atoms with Gasteiger partial charge in [0.05, 0.1) is 17.7 Å². The zero-order chi connectivity index (χ0) is 27.1. The third kappa shape index (κ3) is 6.48. The van der Waals surface area contributed by atoms with Gasteiger partial charge in [-0.25, -0.2) is 0 Å². The standard InChI is InChI=1S/C28H34N4O5S/c33-20-11-9-19(10-12-20)25-21(26(35)30-14-6-2-5-13-29-24(34)17-38)16-23-27(36)31-22(28(37)32(23)25)15-18-7-3-1-4-8-18/h1,3-4,7-12,21-23,25,33,38H,2,5-6,13-17H2,(H,29,34)(H,30,35)(H,31,36)/t21-,22+,23-,25-/m1/s1. The third-order valence-corrected chi connectivity index (χ3v) is 7.43. The highest BCUT2D eigenvalue weighted by Gasteiger charge is 2.54. The van der Waals surface area contributed by atoms with Gasteiger partial charge in [-0.05, 0) is 48.9 Å². The molecule has 202 valence electrons. The van der Waals surface area contributed by atoms with E-state index in [0.717, 1.165) is 24.8 Å². The molecule has 2 aromatic rings. The molecule has 4 atom stereocenters. The minimum absolute atomic E-state index is 0.0829. The van der Waals surface area contributed by atoms with Gasteiger partial charge >= 0.3 is 0 Å². The Balaban J connectivity index is 1.45. The Hall–Kier alpha value is -3.53. The van der Waals surface area contributed by atoms with E-state index in [0.29, 0.717) is 25.1 Å². The van der Waals surface area contributed by atoms with E-state index in [1.165, 1.54) is 12.1 Å². The number of nitrogens with zero attached hydrogens (tertiary/aromatic N) is 1. The maximum Gasteiger partial charge on any atom is 0.246 e. The summed E-state index contributed by atoms with van der Waals surface area (Å²) in [7, 11) is 0. The molecule has 0 spiro atoms. The normalized spacial score (nSPS) is 22.5. The second-order valence-electron chi connectivity index (χ2n) is 9.75. The Labute approximate surface area is 227 Å². The molecular weight excluding hydrogens is 504 g/mol. The van der Waals surface area contributed by atoms with Crippen molar-refractivity contribution in [1.82, 2.24) is 20.9 Å². The van der Waals surface area contributed by atoms with E-state index in [9.17, 15) is 24.3 Å². The number of rotatable bonds is 11. The van der Waals surface area contributed by atoms with E-state index in [1.54, 1.807) is 17.0 Å². The zero-order valence-corrected chi connectivity index (χ0v) is 22.0. The first kappa shape index (κ1) is 27.5. The largest absolute Gasteiger partial charge is 0.508 e. The second kappa shape index (κ2) is 12.8. The van der Waals surface area contributed by atoms with Gasteiger partial charge in [-0.15, -0.1) is 0 Å². The maximum absolute atomic E-state index is 13.7. The van der Waals surface area contributed by atoms with Crippen LogP contribution in [0.2, 0.25) is 0 Å². The topological polar surface area (TPSA) is 128 Å². The van der Waals surface area contributed by atoms with Crippen LogP contribution < -0.4 is 16.0 Å². The Kier molecular flexibility index (Phi) is 9.28. The monoisotopic (exact) mass is 538 g/mol. The van der Waals surface area contributed by atoms with Crippen LogP contribution >= 0.6 is 12.6 Å². The number of carbonyl (C=O) groups excluding carboxylic acids is 4. The highest BCUT2D eigenvalue weighted by molar-refractivity contribution is 7.81. The number of unbranched alkanes of at least 4 members (excludes halogenated alkanes) is 2. The summed E-state index contributed by atoms with van der Waals surface area (Å²) in [5.74, 6) is -1.15. The SMILES string of the molecule is O=C(CS)NCCCCCNC(=O)[C@@H]1C[C@@H]2C(=O)N[C@@H](Cc3ccccc3)C(=O)N2[C@@H]1c1ccc(O)cc1. The first-order valence-electron chi connectivity index (χ1n) is 13.0. The number of hydrogen-bond acceptors (Lipinski definition) is 6. The lowest BCUT2D eigenvalue weighted by Crippen LogP contribution is -2.62. The minimum atomic E-state index is -0.737. The number of fused-ring (bicyclic) bond motifs is 1. The molecule has 9 nitrogen and oxygen atoms in total. The van der Waals surface area contributed by atoms with E-state index in [4.69, 9.17) is 0 Å². The van der Waals surface area contributed by atoms with Crippen molar-refractivity contribution in [2.24, 2.45) is 5.92 Å². The van der Waals surface area contributed by atoms with Crippen LogP contribution in [-0.2, 0) is 25.6 Å². The molecule has 4 amide bonds. The average molecular weight is 539 g/mol. The van der Waals surface area contributed by atoms with Crippen molar-refractivity contribution in [3.8, 4) is 5.75 Å². The average Bonchev–Trinajstić information content (AvgIpc) is 3.33. The molecule has 10 heteroatoms. The Morgan fingerprint density at radius 2 is 1.66 bits per heavy atom. The van der Waals surface area contributed by atoms with Gasteiger partial charge in [-0.1, -0.05) is 42.5 Å². The first-order chi connectivity index (χ1) is 18.4. The fraction of sp³-hybridized carbons (Fsp3) is 0.429. The molecule has 0 aromatic heterocycles. The van der Waals surface area contributed by atoms with Crippen LogP contribution in [0.3, 0.4) is 0 Å². The summed E-state index contributed by atoms with van der Waals surface area (Å²) in [6, 6.07) is 13.9. The molecule has 0 bridgehead atoms. The number of piperazine rings is 1. The molecule has 38 heavy (non-hydrogen) atoms. The van der Waals surface area contributed by atoms with E-state index in [1.807, 2.05) is 30.3 Å². The van der Waals surface area contributed by atoms with Gasteiger partial charge in [0.15, 0.2) is 0 Å². The van der Waals surface area contributed by atoms with Crippen molar-refractivity contribution >= 4 is 36.3 Å². The molecule has 4 rings (SSSR count). The van der Waals surface area contributed by atoms with E-state index in [-0.39, 0.29) is 41.6 Å². The Bertz CT molecular complexity index is 1140. The highest BCUT2D eigenvalue weighted by Crippen LogP contribution is 2.43. The molecule has 0 aliphatic carbocycles. The van der Waals surface area contributed by atoms with Crippen LogP contribution in [0.15, 0.2) is 54.6 Å². The van der Waals surface area contributed by atoms with E-state index >= 15 is 0 Å². The van der Waals surface area contributed by atoms with Gasteiger partial charge in [0.1, 0.15) is 17.8 Å². The number of phenols is 1. The predicted octanol–water partition coefficient (Wildman–Crippen LogP) is 1.72. The number of aromatic hydroxyl groups is 1. The molecule has 4 N–H and O–H groups in total. The van der Waals surface area contributed by atoms with E-state index < -0.39 is 24.0 Å². The highest BCUT2D eigenvalue weighted by atomic mass is 32.1. The van der Waals surface area contributed by atoms with Gasteiger partial charge in [-0.3, -0.25) is 19.2 Å². The molecule has 0 radical (unpaired) electrons. The third-order valence-electron chi connectivity index (χ3n) is 7.14. The molecule has 2 aromatic carbocycles. The van der Waals surface area contributed by atoms with Crippen molar-refractivity contribution in [2.75, 3.05) is 18.8 Å². The van der Waals surface area contributed by atoms with Crippen LogP contribution in [0.4, 0.5) is 0 Å². The van der Waals surface area contributed by atoms with Crippen LogP contribution in [0, 0.1) is 5.92 Å². The number of phenolic OH excluding ortho intramolecular Hbond substituents is 1. The van der Waals surface area contributed by atoms with Crippen molar-refractivity contribution in [1.29, 1.82) is 0 Å². The number of carbonyl (C=O) groups is 4. The summed E-state index contributed by atoms with van der Waals surface area (Å²) in [6.45, 7) is 1.02. The fourth-order valence-electron chi connectivity index (χ4n) is 5.26. The van der Waals surface area contributed by atoms with Gasteiger partial charge in [0.2, 0.25) is 23.6 Å². The summed E-state index contributed by atoms with van der Waals surface area (Å²) < 4.78 is 0. The van der Waals surface area contributed by atoms with E-state index in [2.05, 4.69) is 28.6 Å². The Morgan fingerprint density at radius 1 is 0.974 bits per heavy atom. The fourth-order valence-corrected chi connectivity index (χ4v) is 5.37. The minimum Gasteiger partial charge on any atom is -0.508 e.